The first-order valence-corrected chi connectivity index (χ1v) is 8.08. The first-order valence-electron chi connectivity index (χ1n) is 7.33. The Labute approximate surface area is 154 Å². The third-order valence-electron chi connectivity index (χ3n) is 3.00. The van der Waals surface area contributed by atoms with E-state index in [1.807, 2.05) is 6.92 Å². The number of hydrogen-bond donors (Lipinski definition) is 2. The highest BCUT2D eigenvalue weighted by Gasteiger charge is 2.15. The second-order valence-electron chi connectivity index (χ2n) is 4.72. The normalized spacial score (nSPS) is 10.5. The van der Waals surface area contributed by atoms with E-state index < -0.39 is 11.8 Å². The van der Waals surface area contributed by atoms with E-state index in [2.05, 4.69) is 15.8 Å². The topological polar surface area (TPSA) is 79.8 Å². The first kappa shape index (κ1) is 18.8. The molecule has 2 rings (SSSR count). The predicted octanol–water partition coefficient (Wildman–Crippen LogP) is 3.48. The van der Waals surface area contributed by atoms with E-state index >= 15 is 0 Å². The van der Waals surface area contributed by atoms with Gasteiger partial charge in [0.1, 0.15) is 5.75 Å². The minimum atomic E-state index is -0.939. The fourth-order valence-corrected chi connectivity index (χ4v) is 2.37. The van der Waals surface area contributed by atoms with Crippen LogP contribution in [0.25, 0.3) is 0 Å². The van der Waals surface area contributed by atoms with Gasteiger partial charge >= 0.3 is 11.8 Å². The van der Waals surface area contributed by atoms with Crippen LogP contribution in [-0.2, 0) is 9.59 Å². The summed E-state index contributed by atoms with van der Waals surface area (Å²) in [4.78, 5) is 23.8. The quantitative estimate of drug-likeness (QED) is 0.474. The van der Waals surface area contributed by atoms with E-state index in [4.69, 9.17) is 27.9 Å². The van der Waals surface area contributed by atoms with Crippen molar-refractivity contribution in [1.29, 1.82) is 0 Å². The van der Waals surface area contributed by atoms with Crippen LogP contribution in [0.4, 0.5) is 5.69 Å². The molecule has 0 fully saturated rings. The van der Waals surface area contributed by atoms with Gasteiger partial charge in [0.15, 0.2) is 0 Å². The van der Waals surface area contributed by atoms with Crippen LogP contribution in [0.2, 0.25) is 10.0 Å². The molecule has 0 spiro atoms. The Morgan fingerprint density at radius 1 is 1.08 bits per heavy atom. The Morgan fingerprint density at radius 3 is 2.44 bits per heavy atom. The predicted molar refractivity (Wildman–Crippen MR) is 98.4 cm³/mol. The van der Waals surface area contributed by atoms with Gasteiger partial charge in [0.2, 0.25) is 0 Å². The highest BCUT2D eigenvalue weighted by Crippen LogP contribution is 2.23. The third-order valence-corrected chi connectivity index (χ3v) is 3.66. The van der Waals surface area contributed by atoms with Gasteiger partial charge < -0.3 is 10.1 Å². The number of anilines is 1. The molecule has 2 aromatic carbocycles. The molecule has 0 saturated heterocycles. The van der Waals surface area contributed by atoms with Gasteiger partial charge in [-0.3, -0.25) is 9.59 Å². The number of amides is 2. The number of carbonyl (C=O) groups is 2. The standard InChI is InChI=1S/C17H15Cl2N3O3/c1-2-25-15-9-4-3-8-14(15)21-16(23)17(24)22-20-10-11-12(18)6-5-7-13(11)19/h3-10H,2H2,1H3,(H,21,23)(H,22,24)/b20-10-. The summed E-state index contributed by atoms with van der Waals surface area (Å²) >= 11 is 12.0. The number of rotatable bonds is 5. The van der Waals surface area contributed by atoms with Crippen molar-refractivity contribution in [2.75, 3.05) is 11.9 Å². The number of benzene rings is 2. The summed E-state index contributed by atoms with van der Waals surface area (Å²) in [6.07, 6.45) is 1.27. The van der Waals surface area contributed by atoms with Gasteiger partial charge in [-0.2, -0.15) is 5.10 Å². The lowest BCUT2D eigenvalue weighted by molar-refractivity contribution is -0.136. The van der Waals surface area contributed by atoms with E-state index in [0.29, 0.717) is 33.7 Å². The average Bonchev–Trinajstić information content (AvgIpc) is 2.59. The van der Waals surface area contributed by atoms with Crippen molar-refractivity contribution in [3.05, 3.63) is 58.1 Å². The molecule has 2 N–H and O–H groups in total. The molecule has 0 unspecified atom stereocenters. The van der Waals surface area contributed by atoms with Gasteiger partial charge in [-0.25, -0.2) is 5.43 Å². The molecule has 0 radical (unpaired) electrons. The number of para-hydroxylation sites is 2. The van der Waals surface area contributed by atoms with E-state index in [9.17, 15) is 9.59 Å². The maximum absolute atomic E-state index is 11.9. The van der Waals surface area contributed by atoms with Gasteiger partial charge in [0.25, 0.3) is 0 Å². The molecule has 0 atom stereocenters. The second kappa shape index (κ2) is 9.05. The summed E-state index contributed by atoms with van der Waals surface area (Å²) in [5.41, 5.74) is 2.95. The Hall–Kier alpha value is -2.57. The molecule has 0 aliphatic rings. The fraction of sp³-hybridized carbons (Fsp3) is 0.118. The van der Waals surface area contributed by atoms with E-state index in [1.54, 1.807) is 42.5 Å². The monoisotopic (exact) mass is 379 g/mol. The zero-order valence-electron chi connectivity index (χ0n) is 13.3. The van der Waals surface area contributed by atoms with Crippen LogP contribution in [-0.4, -0.2) is 24.6 Å². The van der Waals surface area contributed by atoms with Crippen molar-refractivity contribution < 1.29 is 14.3 Å². The Bertz CT molecular complexity index is 789. The van der Waals surface area contributed by atoms with E-state index in [1.165, 1.54) is 6.21 Å². The second-order valence-corrected chi connectivity index (χ2v) is 5.53. The molecule has 0 heterocycles. The molecule has 0 aliphatic heterocycles. The SMILES string of the molecule is CCOc1ccccc1NC(=O)C(=O)N/N=C\c1c(Cl)cccc1Cl. The van der Waals surface area contributed by atoms with Crippen molar-refractivity contribution in [2.24, 2.45) is 5.10 Å². The number of carbonyl (C=O) groups excluding carboxylic acids is 2. The van der Waals surface area contributed by atoms with Crippen molar-refractivity contribution in [1.82, 2.24) is 5.43 Å². The average molecular weight is 380 g/mol. The van der Waals surface area contributed by atoms with Crippen LogP contribution < -0.4 is 15.5 Å². The lowest BCUT2D eigenvalue weighted by Crippen LogP contribution is -2.32. The lowest BCUT2D eigenvalue weighted by Gasteiger charge is -2.10. The van der Waals surface area contributed by atoms with Crippen LogP contribution in [0.5, 0.6) is 5.75 Å². The first-order chi connectivity index (χ1) is 12.0. The number of hydrazone groups is 1. The third kappa shape index (κ3) is 5.20. The van der Waals surface area contributed by atoms with Crippen LogP contribution in [0, 0.1) is 0 Å². The number of hydrogen-bond acceptors (Lipinski definition) is 4. The molecule has 0 saturated carbocycles. The molecule has 0 aliphatic carbocycles. The number of ether oxygens (including phenoxy) is 1. The maximum atomic E-state index is 11.9. The van der Waals surface area contributed by atoms with Crippen molar-refractivity contribution >= 4 is 46.9 Å². The molecule has 2 amide bonds. The highest BCUT2D eigenvalue weighted by atomic mass is 35.5. The molecule has 8 heteroatoms. The molecule has 25 heavy (non-hydrogen) atoms. The molecular weight excluding hydrogens is 365 g/mol. The summed E-state index contributed by atoms with van der Waals surface area (Å²) in [5.74, 6) is -1.35. The zero-order valence-corrected chi connectivity index (χ0v) is 14.8. The van der Waals surface area contributed by atoms with Gasteiger partial charge in [-0.15, -0.1) is 0 Å². The maximum Gasteiger partial charge on any atom is 0.329 e. The smallest absolute Gasteiger partial charge is 0.329 e. The van der Waals surface area contributed by atoms with Gasteiger partial charge in [-0.05, 0) is 31.2 Å². The van der Waals surface area contributed by atoms with Crippen molar-refractivity contribution in [3.8, 4) is 5.75 Å². The molecular formula is C17H15Cl2N3O3. The number of halogens is 2. The zero-order chi connectivity index (χ0) is 18.2. The molecule has 6 nitrogen and oxygen atoms in total. The van der Waals surface area contributed by atoms with Crippen LogP contribution >= 0.6 is 23.2 Å². The fourth-order valence-electron chi connectivity index (χ4n) is 1.87. The van der Waals surface area contributed by atoms with Gasteiger partial charge in [0, 0.05) is 5.56 Å². The largest absolute Gasteiger partial charge is 0.492 e. The van der Waals surface area contributed by atoms with Crippen LogP contribution in [0.3, 0.4) is 0 Å². The highest BCUT2D eigenvalue weighted by molar-refractivity contribution is 6.40. The minimum Gasteiger partial charge on any atom is -0.492 e. The molecule has 130 valence electrons. The number of nitrogens with one attached hydrogen (secondary N) is 2. The Kier molecular flexibility index (Phi) is 6.80. The van der Waals surface area contributed by atoms with Crippen LogP contribution in [0.15, 0.2) is 47.6 Å². The lowest BCUT2D eigenvalue weighted by atomic mass is 10.2. The van der Waals surface area contributed by atoms with Gasteiger partial charge in [-0.1, -0.05) is 41.4 Å². The minimum absolute atomic E-state index is 0.376. The summed E-state index contributed by atoms with van der Waals surface area (Å²) in [6.45, 7) is 2.25. The molecule has 2 aromatic rings. The van der Waals surface area contributed by atoms with E-state index in [0.717, 1.165) is 0 Å². The van der Waals surface area contributed by atoms with E-state index in [-0.39, 0.29) is 0 Å². The van der Waals surface area contributed by atoms with Crippen LogP contribution in [0.1, 0.15) is 12.5 Å². The summed E-state index contributed by atoms with van der Waals surface area (Å²) < 4.78 is 5.38. The summed E-state index contributed by atoms with van der Waals surface area (Å²) in [7, 11) is 0. The summed E-state index contributed by atoms with van der Waals surface area (Å²) in [5, 5.41) is 6.91. The number of nitrogens with zero attached hydrogens (tertiary/aromatic N) is 1. The Balaban J connectivity index is 1.99. The van der Waals surface area contributed by atoms with Crippen molar-refractivity contribution in [3.63, 3.8) is 0 Å². The van der Waals surface area contributed by atoms with Crippen molar-refractivity contribution in [2.45, 2.75) is 6.92 Å². The molecule has 0 aromatic heterocycles. The van der Waals surface area contributed by atoms with Gasteiger partial charge in [0.05, 0.1) is 28.6 Å². The molecule has 0 bridgehead atoms. The summed E-state index contributed by atoms with van der Waals surface area (Å²) in [6, 6.07) is 11.7. The Morgan fingerprint density at radius 2 is 1.76 bits per heavy atom.